The maximum Gasteiger partial charge on any atom is 0.375 e. The smallest absolute Gasteiger partial charge is 0.375 e. The average Bonchev–Trinajstić information content (AvgIpc) is 2.94. The zero-order chi connectivity index (χ0) is 13.9. The molecule has 0 fully saturated rings. The number of pyridine rings is 2. The van der Waals surface area contributed by atoms with Crippen molar-refractivity contribution < 1.29 is 9.90 Å². The van der Waals surface area contributed by atoms with Gasteiger partial charge in [0.2, 0.25) is 0 Å². The molecule has 3 heterocycles. The number of hydrogen-bond acceptors (Lipinski definition) is 5. The predicted octanol–water partition coefficient (Wildman–Crippen LogP) is 1.42. The normalized spacial score (nSPS) is 10.4. The van der Waals surface area contributed by atoms with Gasteiger partial charge in [-0.05, 0) is 24.3 Å². The summed E-state index contributed by atoms with van der Waals surface area (Å²) in [6.07, 6.45) is 4.81. The molecule has 20 heavy (non-hydrogen) atoms. The minimum absolute atomic E-state index is 0.283. The van der Waals surface area contributed by atoms with Crippen molar-refractivity contribution in [2.45, 2.75) is 0 Å². The van der Waals surface area contributed by atoms with Crippen molar-refractivity contribution in [3.63, 3.8) is 0 Å². The Kier molecular flexibility index (Phi) is 2.92. The summed E-state index contributed by atoms with van der Waals surface area (Å²) in [6, 6.07) is 8.80. The summed E-state index contributed by atoms with van der Waals surface area (Å²) in [6.45, 7) is 0. The van der Waals surface area contributed by atoms with Crippen LogP contribution in [-0.4, -0.2) is 35.8 Å². The van der Waals surface area contributed by atoms with Crippen molar-refractivity contribution >= 4 is 5.97 Å². The second-order valence-corrected chi connectivity index (χ2v) is 3.90. The minimum atomic E-state index is -1.19. The second kappa shape index (κ2) is 4.88. The molecule has 0 aliphatic rings. The third-order valence-corrected chi connectivity index (χ3v) is 2.58. The summed E-state index contributed by atoms with van der Waals surface area (Å²) in [5.41, 5.74) is 1.16. The first-order valence-electron chi connectivity index (χ1n) is 5.78. The van der Waals surface area contributed by atoms with Gasteiger partial charge in [0.1, 0.15) is 5.69 Å². The molecular formula is C13H9N5O2. The van der Waals surface area contributed by atoms with Crippen LogP contribution in [-0.2, 0) is 0 Å². The maximum absolute atomic E-state index is 11.1. The molecular weight excluding hydrogens is 258 g/mol. The lowest BCUT2D eigenvalue weighted by Gasteiger charge is -2.03. The van der Waals surface area contributed by atoms with E-state index in [9.17, 15) is 4.79 Å². The predicted molar refractivity (Wildman–Crippen MR) is 69.3 cm³/mol. The molecule has 0 spiro atoms. The summed E-state index contributed by atoms with van der Waals surface area (Å²) < 4.78 is 1.42. The van der Waals surface area contributed by atoms with Gasteiger partial charge in [0.15, 0.2) is 5.82 Å². The van der Waals surface area contributed by atoms with Gasteiger partial charge in [0.05, 0.1) is 11.9 Å². The van der Waals surface area contributed by atoms with Crippen LogP contribution in [0.25, 0.3) is 17.2 Å². The summed E-state index contributed by atoms with van der Waals surface area (Å²) in [5, 5.41) is 13.0. The Labute approximate surface area is 113 Å². The standard InChI is InChI=1S/C13H9N5O2/c19-13(20)11-16-12(10-5-1-2-7-15-10)18(17-11)9-4-3-6-14-8-9/h1-8H,(H,19,20). The monoisotopic (exact) mass is 267 g/mol. The minimum Gasteiger partial charge on any atom is -0.475 e. The number of carboxylic acids is 1. The van der Waals surface area contributed by atoms with E-state index in [0.29, 0.717) is 17.2 Å². The van der Waals surface area contributed by atoms with Crippen molar-refractivity contribution in [1.82, 2.24) is 24.7 Å². The molecule has 7 nitrogen and oxygen atoms in total. The van der Waals surface area contributed by atoms with Crippen LogP contribution in [0.15, 0.2) is 48.9 Å². The fourth-order valence-corrected chi connectivity index (χ4v) is 1.72. The molecule has 0 bridgehead atoms. The summed E-state index contributed by atoms with van der Waals surface area (Å²) >= 11 is 0. The lowest BCUT2D eigenvalue weighted by molar-refractivity contribution is 0.0683. The summed E-state index contributed by atoms with van der Waals surface area (Å²) in [4.78, 5) is 23.2. The molecule has 3 rings (SSSR count). The molecule has 3 aromatic rings. The van der Waals surface area contributed by atoms with Gasteiger partial charge >= 0.3 is 5.97 Å². The van der Waals surface area contributed by atoms with Crippen LogP contribution in [0.5, 0.6) is 0 Å². The van der Waals surface area contributed by atoms with Gasteiger partial charge in [-0.25, -0.2) is 9.48 Å². The van der Waals surface area contributed by atoms with E-state index in [1.54, 1.807) is 48.9 Å². The Bertz CT molecular complexity index is 683. The van der Waals surface area contributed by atoms with Crippen LogP contribution >= 0.6 is 0 Å². The van der Waals surface area contributed by atoms with Gasteiger partial charge in [-0.1, -0.05) is 6.07 Å². The largest absolute Gasteiger partial charge is 0.475 e. The molecule has 7 heteroatoms. The first-order chi connectivity index (χ1) is 9.75. The van der Waals surface area contributed by atoms with E-state index in [2.05, 4.69) is 20.1 Å². The molecule has 0 aliphatic heterocycles. The highest BCUT2D eigenvalue weighted by Crippen LogP contribution is 2.18. The molecule has 0 amide bonds. The van der Waals surface area contributed by atoms with Gasteiger partial charge < -0.3 is 5.11 Å². The van der Waals surface area contributed by atoms with Crippen LogP contribution in [0.1, 0.15) is 10.6 Å². The van der Waals surface area contributed by atoms with Crippen molar-refractivity contribution in [2.75, 3.05) is 0 Å². The zero-order valence-corrected chi connectivity index (χ0v) is 10.2. The van der Waals surface area contributed by atoms with Crippen LogP contribution in [0.2, 0.25) is 0 Å². The lowest BCUT2D eigenvalue weighted by Crippen LogP contribution is -2.02. The molecule has 0 unspecified atom stereocenters. The highest BCUT2D eigenvalue weighted by Gasteiger charge is 2.18. The van der Waals surface area contributed by atoms with E-state index in [1.165, 1.54) is 4.68 Å². The van der Waals surface area contributed by atoms with Crippen molar-refractivity contribution in [3.05, 3.63) is 54.7 Å². The number of aromatic carboxylic acids is 1. The molecule has 0 saturated heterocycles. The van der Waals surface area contributed by atoms with Crippen molar-refractivity contribution in [1.29, 1.82) is 0 Å². The number of hydrogen-bond donors (Lipinski definition) is 1. The fourth-order valence-electron chi connectivity index (χ4n) is 1.72. The van der Waals surface area contributed by atoms with E-state index < -0.39 is 5.97 Å². The Hall–Kier alpha value is -3.09. The molecule has 0 saturated carbocycles. The third kappa shape index (κ3) is 2.12. The first kappa shape index (κ1) is 12.0. The molecule has 3 aromatic heterocycles. The molecule has 98 valence electrons. The highest BCUT2D eigenvalue weighted by atomic mass is 16.4. The first-order valence-corrected chi connectivity index (χ1v) is 5.78. The maximum atomic E-state index is 11.1. The number of carbonyl (C=O) groups is 1. The Balaban J connectivity index is 2.20. The van der Waals surface area contributed by atoms with Gasteiger partial charge in [0, 0.05) is 12.4 Å². The lowest BCUT2D eigenvalue weighted by atomic mass is 10.3. The Morgan fingerprint density at radius 3 is 2.70 bits per heavy atom. The second-order valence-electron chi connectivity index (χ2n) is 3.90. The van der Waals surface area contributed by atoms with Crippen LogP contribution in [0.3, 0.4) is 0 Å². The summed E-state index contributed by atoms with van der Waals surface area (Å²) in [7, 11) is 0. The van der Waals surface area contributed by atoms with E-state index in [1.807, 2.05) is 0 Å². The number of rotatable bonds is 3. The van der Waals surface area contributed by atoms with Gasteiger partial charge in [-0.15, -0.1) is 5.10 Å². The van der Waals surface area contributed by atoms with E-state index in [-0.39, 0.29) is 5.82 Å². The van der Waals surface area contributed by atoms with Crippen molar-refractivity contribution in [3.8, 4) is 17.2 Å². The molecule has 0 radical (unpaired) electrons. The SMILES string of the molecule is O=C(O)c1nc(-c2ccccn2)n(-c2cccnc2)n1. The Morgan fingerprint density at radius 2 is 2.05 bits per heavy atom. The van der Waals surface area contributed by atoms with E-state index in [0.717, 1.165) is 0 Å². The quantitative estimate of drug-likeness (QED) is 0.771. The number of aromatic nitrogens is 5. The fraction of sp³-hybridized carbons (Fsp3) is 0. The van der Waals surface area contributed by atoms with Gasteiger partial charge in [0.25, 0.3) is 5.82 Å². The number of carboxylic acid groups (broad SMARTS) is 1. The van der Waals surface area contributed by atoms with Crippen LogP contribution in [0.4, 0.5) is 0 Å². The summed E-state index contributed by atoms with van der Waals surface area (Å²) in [5.74, 6) is -1.12. The molecule has 0 aromatic carbocycles. The topological polar surface area (TPSA) is 93.8 Å². The van der Waals surface area contributed by atoms with Gasteiger partial charge in [-0.3, -0.25) is 9.97 Å². The number of nitrogens with zero attached hydrogens (tertiary/aromatic N) is 5. The van der Waals surface area contributed by atoms with Crippen molar-refractivity contribution in [2.24, 2.45) is 0 Å². The zero-order valence-electron chi connectivity index (χ0n) is 10.2. The molecule has 1 N–H and O–H groups in total. The van der Waals surface area contributed by atoms with E-state index in [4.69, 9.17) is 5.11 Å². The van der Waals surface area contributed by atoms with Crippen LogP contribution in [0, 0.1) is 0 Å². The van der Waals surface area contributed by atoms with E-state index >= 15 is 0 Å². The molecule has 0 atom stereocenters. The average molecular weight is 267 g/mol. The highest BCUT2D eigenvalue weighted by molar-refractivity contribution is 5.83. The van der Waals surface area contributed by atoms with Gasteiger partial charge in [-0.2, -0.15) is 4.98 Å². The third-order valence-electron chi connectivity index (χ3n) is 2.58. The van der Waals surface area contributed by atoms with Crippen LogP contribution < -0.4 is 0 Å². The molecule has 0 aliphatic carbocycles. The Morgan fingerprint density at radius 1 is 1.15 bits per heavy atom.